The van der Waals surface area contributed by atoms with E-state index in [1.807, 2.05) is 0 Å². The second-order valence-electron chi connectivity index (χ2n) is 1.87. The van der Waals surface area contributed by atoms with E-state index in [2.05, 4.69) is 19.9 Å². The zero-order valence-corrected chi connectivity index (χ0v) is 6.38. The minimum absolute atomic E-state index is 0.322. The Morgan fingerprint density at radius 2 is 1.92 bits per heavy atom. The van der Waals surface area contributed by atoms with E-state index in [4.69, 9.17) is 5.73 Å². The molecule has 2 aromatic rings. The highest BCUT2D eigenvalue weighted by Crippen LogP contribution is 1.81. The molecule has 0 bridgehead atoms. The summed E-state index contributed by atoms with van der Waals surface area (Å²) in [6.07, 6.45) is 8.28. The normalized spacial score (nSPS) is 8.33. The fourth-order valence-corrected chi connectivity index (χ4v) is 0.526. The number of imidazole rings is 1. The Kier molecular flexibility index (Phi) is 3.30. The summed E-state index contributed by atoms with van der Waals surface area (Å²) in [6, 6.07) is 1.72. The third-order valence-electron chi connectivity index (χ3n) is 0.992. The predicted octanol–water partition coefficient (Wildman–Crippen LogP) is 0.469. The number of nitrogens with two attached hydrogens (primary N) is 1. The minimum atomic E-state index is 0.322. The third kappa shape index (κ3) is 3.31. The number of nitrogens with one attached hydrogen (secondary N) is 1. The van der Waals surface area contributed by atoms with E-state index >= 15 is 0 Å². The average molecular weight is 163 g/mol. The molecule has 0 aliphatic rings. The molecule has 0 saturated carbocycles. The largest absolute Gasteiger partial charge is 0.368 e. The molecule has 0 spiro atoms. The van der Waals surface area contributed by atoms with E-state index in [1.54, 1.807) is 37.2 Å². The lowest BCUT2D eigenvalue weighted by Crippen LogP contribution is -1.90. The van der Waals surface area contributed by atoms with Gasteiger partial charge >= 0.3 is 0 Å². The van der Waals surface area contributed by atoms with E-state index < -0.39 is 0 Å². The van der Waals surface area contributed by atoms with Gasteiger partial charge in [-0.25, -0.2) is 15.0 Å². The van der Waals surface area contributed by atoms with Crippen molar-refractivity contribution in [3.63, 3.8) is 0 Å². The van der Waals surface area contributed by atoms with Crippen LogP contribution < -0.4 is 5.73 Å². The molecule has 0 aliphatic heterocycles. The highest BCUT2D eigenvalue weighted by molar-refractivity contribution is 5.11. The van der Waals surface area contributed by atoms with Gasteiger partial charge in [0.2, 0.25) is 5.95 Å². The number of hydrogen-bond acceptors (Lipinski definition) is 4. The summed E-state index contributed by atoms with van der Waals surface area (Å²) in [5.74, 6) is 0.322. The SMILES string of the molecule is Nc1ncccn1.c1c[nH]cn1. The van der Waals surface area contributed by atoms with Crippen molar-refractivity contribution < 1.29 is 0 Å². The Morgan fingerprint density at radius 1 is 1.17 bits per heavy atom. The second kappa shape index (κ2) is 4.84. The molecule has 0 atom stereocenters. The lowest BCUT2D eigenvalue weighted by Gasteiger charge is -1.82. The molecule has 3 N–H and O–H groups in total. The second-order valence-corrected chi connectivity index (χ2v) is 1.87. The molecule has 0 radical (unpaired) electrons. The van der Waals surface area contributed by atoms with Gasteiger partial charge in [-0.15, -0.1) is 0 Å². The van der Waals surface area contributed by atoms with Gasteiger partial charge in [-0.3, -0.25) is 0 Å². The summed E-state index contributed by atoms with van der Waals surface area (Å²) in [6.45, 7) is 0. The first-order valence-corrected chi connectivity index (χ1v) is 3.35. The first kappa shape index (κ1) is 8.19. The molecular weight excluding hydrogens is 154 g/mol. The highest BCUT2D eigenvalue weighted by Gasteiger charge is 1.75. The van der Waals surface area contributed by atoms with Crippen LogP contribution in [0.4, 0.5) is 5.95 Å². The Bertz CT molecular complexity index is 261. The maximum absolute atomic E-state index is 5.14. The zero-order chi connectivity index (χ0) is 8.65. The number of nitrogens with zero attached hydrogens (tertiary/aromatic N) is 3. The van der Waals surface area contributed by atoms with Gasteiger partial charge < -0.3 is 10.7 Å². The molecule has 2 heterocycles. The third-order valence-corrected chi connectivity index (χ3v) is 0.992. The Labute approximate surface area is 69.7 Å². The monoisotopic (exact) mass is 163 g/mol. The Balaban J connectivity index is 0.000000127. The molecule has 0 aliphatic carbocycles. The van der Waals surface area contributed by atoms with Crippen LogP contribution in [0.3, 0.4) is 0 Å². The summed E-state index contributed by atoms with van der Waals surface area (Å²) in [5, 5.41) is 0. The van der Waals surface area contributed by atoms with Crippen molar-refractivity contribution in [2.75, 3.05) is 5.73 Å². The van der Waals surface area contributed by atoms with Gasteiger partial charge in [0.05, 0.1) is 6.33 Å². The molecule has 0 fully saturated rings. The molecule has 0 aromatic carbocycles. The van der Waals surface area contributed by atoms with E-state index in [-0.39, 0.29) is 0 Å². The maximum Gasteiger partial charge on any atom is 0.219 e. The standard InChI is InChI=1S/C4H5N3.C3H4N2/c5-4-6-2-1-3-7-4;1-2-5-3-4-1/h1-3H,(H2,5,6,7);1-3H,(H,4,5). The van der Waals surface area contributed by atoms with Gasteiger partial charge in [-0.1, -0.05) is 0 Å². The number of anilines is 1. The fourth-order valence-electron chi connectivity index (χ4n) is 0.526. The van der Waals surface area contributed by atoms with Crippen LogP contribution in [0.25, 0.3) is 0 Å². The Hall–Kier alpha value is -1.91. The van der Waals surface area contributed by atoms with Crippen LogP contribution in [0.1, 0.15) is 0 Å². The van der Waals surface area contributed by atoms with E-state index in [0.29, 0.717) is 5.95 Å². The van der Waals surface area contributed by atoms with Crippen LogP contribution in [0.15, 0.2) is 37.2 Å². The van der Waals surface area contributed by atoms with Gasteiger partial charge in [0, 0.05) is 24.8 Å². The molecular formula is C7H9N5. The highest BCUT2D eigenvalue weighted by atomic mass is 15.0. The molecule has 0 unspecified atom stereocenters. The van der Waals surface area contributed by atoms with Crippen molar-refractivity contribution in [3.8, 4) is 0 Å². The smallest absolute Gasteiger partial charge is 0.219 e. The quantitative estimate of drug-likeness (QED) is 0.591. The fraction of sp³-hybridized carbons (Fsp3) is 0. The Morgan fingerprint density at radius 3 is 2.17 bits per heavy atom. The number of nitrogen functional groups attached to an aromatic ring is 1. The summed E-state index contributed by atoms with van der Waals surface area (Å²) >= 11 is 0. The summed E-state index contributed by atoms with van der Waals surface area (Å²) in [7, 11) is 0. The number of H-pyrrole nitrogens is 1. The van der Waals surface area contributed by atoms with Crippen molar-refractivity contribution in [3.05, 3.63) is 37.2 Å². The zero-order valence-electron chi connectivity index (χ0n) is 6.38. The van der Waals surface area contributed by atoms with Crippen molar-refractivity contribution in [2.45, 2.75) is 0 Å². The lowest BCUT2D eigenvalue weighted by atomic mass is 10.7. The molecule has 5 heteroatoms. The molecule has 2 aromatic heterocycles. The van der Waals surface area contributed by atoms with E-state index in [1.165, 1.54) is 0 Å². The molecule has 62 valence electrons. The van der Waals surface area contributed by atoms with Gasteiger partial charge in [-0.05, 0) is 6.07 Å². The molecule has 12 heavy (non-hydrogen) atoms. The topological polar surface area (TPSA) is 80.5 Å². The summed E-state index contributed by atoms with van der Waals surface area (Å²) in [4.78, 5) is 13.7. The van der Waals surface area contributed by atoms with Crippen LogP contribution in [0.2, 0.25) is 0 Å². The van der Waals surface area contributed by atoms with Crippen LogP contribution in [-0.2, 0) is 0 Å². The van der Waals surface area contributed by atoms with Crippen molar-refractivity contribution >= 4 is 5.95 Å². The molecule has 0 saturated heterocycles. The molecule has 5 nitrogen and oxygen atoms in total. The van der Waals surface area contributed by atoms with Gasteiger partial charge in [0.1, 0.15) is 0 Å². The molecule has 0 amide bonds. The summed E-state index contributed by atoms with van der Waals surface area (Å²) < 4.78 is 0. The molecule has 2 rings (SSSR count). The van der Waals surface area contributed by atoms with Crippen LogP contribution in [0.5, 0.6) is 0 Å². The van der Waals surface area contributed by atoms with Crippen molar-refractivity contribution in [2.24, 2.45) is 0 Å². The van der Waals surface area contributed by atoms with Crippen LogP contribution in [-0.4, -0.2) is 19.9 Å². The van der Waals surface area contributed by atoms with Gasteiger partial charge in [0.25, 0.3) is 0 Å². The van der Waals surface area contributed by atoms with Crippen LogP contribution >= 0.6 is 0 Å². The van der Waals surface area contributed by atoms with Crippen LogP contribution in [0, 0.1) is 0 Å². The number of hydrogen-bond donors (Lipinski definition) is 2. The lowest BCUT2D eigenvalue weighted by molar-refractivity contribution is 1.19. The van der Waals surface area contributed by atoms with E-state index in [9.17, 15) is 0 Å². The van der Waals surface area contributed by atoms with Crippen molar-refractivity contribution in [1.82, 2.24) is 19.9 Å². The predicted molar refractivity (Wildman–Crippen MR) is 45.0 cm³/mol. The number of rotatable bonds is 0. The first-order valence-electron chi connectivity index (χ1n) is 3.35. The van der Waals surface area contributed by atoms with Gasteiger partial charge in [0.15, 0.2) is 0 Å². The number of aromatic amines is 1. The minimum Gasteiger partial charge on any atom is -0.368 e. The van der Waals surface area contributed by atoms with Crippen molar-refractivity contribution in [1.29, 1.82) is 0 Å². The number of aromatic nitrogens is 4. The maximum atomic E-state index is 5.14. The van der Waals surface area contributed by atoms with Gasteiger partial charge in [-0.2, -0.15) is 0 Å². The first-order chi connectivity index (χ1) is 5.89. The summed E-state index contributed by atoms with van der Waals surface area (Å²) in [5.41, 5.74) is 5.14. The average Bonchev–Trinajstić information content (AvgIpc) is 2.62. The van der Waals surface area contributed by atoms with E-state index in [0.717, 1.165) is 0 Å².